The Kier molecular flexibility index (Phi) is 5.96. The standard InChI is InChI=1S/C15H26N4OS/c1-4-5-13-17-18-15(21-13)16-12-6-8-19(9-7-12)14(20)10-11(2)3/h11-12H,4-10H2,1-3H3,(H,16,18). The molecule has 1 aliphatic rings. The van der Waals surface area contributed by atoms with E-state index in [2.05, 4.69) is 36.3 Å². The first-order valence-corrected chi connectivity index (χ1v) is 8.76. The summed E-state index contributed by atoms with van der Waals surface area (Å²) in [4.78, 5) is 14.0. The van der Waals surface area contributed by atoms with Crippen LogP contribution in [-0.2, 0) is 11.2 Å². The van der Waals surface area contributed by atoms with Crippen LogP contribution in [0.15, 0.2) is 0 Å². The lowest BCUT2D eigenvalue weighted by Gasteiger charge is -2.32. The molecule has 1 saturated heterocycles. The summed E-state index contributed by atoms with van der Waals surface area (Å²) in [5, 5.41) is 13.9. The maximum absolute atomic E-state index is 12.0. The molecule has 5 nitrogen and oxygen atoms in total. The van der Waals surface area contributed by atoms with Gasteiger partial charge in [0.15, 0.2) is 0 Å². The Labute approximate surface area is 131 Å². The summed E-state index contributed by atoms with van der Waals surface area (Å²) in [5.74, 6) is 0.733. The van der Waals surface area contributed by atoms with Crippen molar-refractivity contribution in [2.24, 2.45) is 5.92 Å². The molecule has 1 aliphatic heterocycles. The van der Waals surface area contributed by atoms with Crippen molar-refractivity contribution in [3.8, 4) is 0 Å². The third-order valence-corrected chi connectivity index (χ3v) is 4.60. The summed E-state index contributed by atoms with van der Waals surface area (Å²) in [5.41, 5.74) is 0. The lowest BCUT2D eigenvalue weighted by molar-refractivity contribution is -0.132. The van der Waals surface area contributed by atoms with E-state index in [1.54, 1.807) is 11.3 Å². The molecule has 1 N–H and O–H groups in total. The highest BCUT2D eigenvalue weighted by Gasteiger charge is 2.23. The summed E-state index contributed by atoms with van der Waals surface area (Å²) in [6.07, 6.45) is 4.75. The van der Waals surface area contributed by atoms with Crippen LogP contribution >= 0.6 is 11.3 Å². The molecule has 2 heterocycles. The van der Waals surface area contributed by atoms with E-state index in [4.69, 9.17) is 0 Å². The number of piperidine rings is 1. The van der Waals surface area contributed by atoms with Crippen LogP contribution in [-0.4, -0.2) is 40.1 Å². The Morgan fingerprint density at radius 1 is 1.38 bits per heavy atom. The van der Waals surface area contributed by atoms with Gasteiger partial charge in [-0.2, -0.15) is 0 Å². The number of carbonyl (C=O) groups is 1. The summed E-state index contributed by atoms with van der Waals surface area (Å²) in [6, 6.07) is 0.413. The molecule has 0 spiro atoms. The topological polar surface area (TPSA) is 58.1 Å². The van der Waals surface area contributed by atoms with Crippen molar-refractivity contribution < 1.29 is 4.79 Å². The number of aryl methyl sites for hydroxylation is 1. The average molecular weight is 310 g/mol. The Balaban J connectivity index is 1.77. The zero-order chi connectivity index (χ0) is 15.2. The number of nitrogens with zero attached hydrogens (tertiary/aromatic N) is 3. The van der Waals surface area contributed by atoms with Gasteiger partial charge in [0.05, 0.1) is 0 Å². The van der Waals surface area contributed by atoms with Gasteiger partial charge >= 0.3 is 0 Å². The minimum absolute atomic E-state index is 0.296. The molecule has 0 atom stereocenters. The summed E-state index contributed by atoms with van der Waals surface area (Å²) >= 11 is 1.65. The molecule has 1 aromatic heterocycles. The molecule has 0 unspecified atom stereocenters. The van der Waals surface area contributed by atoms with Gasteiger partial charge in [-0.25, -0.2) is 0 Å². The smallest absolute Gasteiger partial charge is 0.222 e. The lowest BCUT2D eigenvalue weighted by atomic mass is 10.0. The zero-order valence-electron chi connectivity index (χ0n) is 13.3. The molecule has 1 aromatic rings. The van der Waals surface area contributed by atoms with E-state index in [-0.39, 0.29) is 0 Å². The average Bonchev–Trinajstić information content (AvgIpc) is 2.86. The third-order valence-electron chi connectivity index (χ3n) is 3.69. The van der Waals surface area contributed by atoms with Crippen LogP contribution in [0.5, 0.6) is 0 Å². The van der Waals surface area contributed by atoms with Gasteiger partial charge in [0.1, 0.15) is 5.01 Å². The van der Waals surface area contributed by atoms with E-state index in [0.29, 0.717) is 24.3 Å². The Bertz CT molecular complexity index is 452. The molecule has 6 heteroatoms. The van der Waals surface area contributed by atoms with E-state index < -0.39 is 0 Å². The second-order valence-electron chi connectivity index (χ2n) is 6.15. The van der Waals surface area contributed by atoms with Gasteiger partial charge in [0.2, 0.25) is 11.0 Å². The summed E-state index contributed by atoms with van der Waals surface area (Å²) in [6.45, 7) is 8.04. The number of rotatable bonds is 6. The number of carbonyl (C=O) groups excluding carboxylic acids is 1. The Hall–Kier alpha value is -1.17. The van der Waals surface area contributed by atoms with E-state index in [1.165, 1.54) is 0 Å². The third kappa shape index (κ3) is 4.95. The van der Waals surface area contributed by atoms with Crippen molar-refractivity contribution in [1.29, 1.82) is 0 Å². The quantitative estimate of drug-likeness (QED) is 0.877. The first-order valence-electron chi connectivity index (χ1n) is 7.95. The van der Waals surface area contributed by atoms with Gasteiger partial charge in [0, 0.05) is 32.0 Å². The van der Waals surface area contributed by atoms with E-state index >= 15 is 0 Å². The van der Waals surface area contributed by atoms with Crippen LogP contribution in [0.25, 0.3) is 0 Å². The second kappa shape index (κ2) is 7.73. The molecule has 1 fully saturated rings. The van der Waals surface area contributed by atoms with Crippen LogP contribution < -0.4 is 5.32 Å². The van der Waals surface area contributed by atoms with Crippen LogP contribution in [0.3, 0.4) is 0 Å². The molecule has 0 bridgehead atoms. The largest absolute Gasteiger partial charge is 0.357 e. The number of hydrogen-bond donors (Lipinski definition) is 1. The van der Waals surface area contributed by atoms with E-state index in [0.717, 1.165) is 48.9 Å². The fourth-order valence-electron chi connectivity index (χ4n) is 2.55. The number of amides is 1. The van der Waals surface area contributed by atoms with Crippen molar-refractivity contribution in [2.45, 2.75) is 58.9 Å². The zero-order valence-corrected chi connectivity index (χ0v) is 14.1. The first-order chi connectivity index (χ1) is 10.1. The first kappa shape index (κ1) is 16.2. The number of likely N-dealkylation sites (tertiary alicyclic amines) is 1. The maximum atomic E-state index is 12.0. The fraction of sp³-hybridized carbons (Fsp3) is 0.800. The van der Waals surface area contributed by atoms with Crippen molar-refractivity contribution in [2.75, 3.05) is 18.4 Å². The molecule has 118 valence electrons. The Morgan fingerprint density at radius 2 is 2.10 bits per heavy atom. The van der Waals surface area contributed by atoms with Gasteiger partial charge in [-0.3, -0.25) is 4.79 Å². The summed E-state index contributed by atoms with van der Waals surface area (Å²) < 4.78 is 0. The van der Waals surface area contributed by atoms with Gasteiger partial charge in [0.25, 0.3) is 0 Å². The number of hydrogen-bond acceptors (Lipinski definition) is 5. The molecular weight excluding hydrogens is 284 g/mol. The minimum Gasteiger partial charge on any atom is -0.357 e. The molecule has 0 saturated carbocycles. The highest BCUT2D eigenvalue weighted by atomic mass is 32.1. The maximum Gasteiger partial charge on any atom is 0.222 e. The molecule has 21 heavy (non-hydrogen) atoms. The Morgan fingerprint density at radius 3 is 2.71 bits per heavy atom. The van der Waals surface area contributed by atoms with Gasteiger partial charge in [-0.1, -0.05) is 32.1 Å². The predicted octanol–water partition coefficient (Wildman–Crippen LogP) is 2.94. The van der Waals surface area contributed by atoms with Gasteiger partial charge in [-0.05, 0) is 25.2 Å². The molecule has 2 rings (SSSR count). The SMILES string of the molecule is CCCc1nnc(NC2CCN(C(=O)CC(C)C)CC2)s1. The molecular formula is C15H26N4OS. The highest BCUT2D eigenvalue weighted by Crippen LogP contribution is 2.21. The van der Waals surface area contributed by atoms with Gasteiger partial charge in [-0.15, -0.1) is 10.2 Å². The normalized spacial score (nSPS) is 16.5. The lowest BCUT2D eigenvalue weighted by Crippen LogP contribution is -2.42. The number of anilines is 1. The van der Waals surface area contributed by atoms with Crippen molar-refractivity contribution >= 4 is 22.4 Å². The molecule has 0 aliphatic carbocycles. The predicted molar refractivity (Wildman–Crippen MR) is 86.6 cm³/mol. The van der Waals surface area contributed by atoms with Crippen LogP contribution in [0, 0.1) is 5.92 Å². The highest BCUT2D eigenvalue weighted by molar-refractivity contribution is 7.15. The minimum atomic E-state index is 0.296. The second-order valence-corrected chi connectivity index (χ2v) is 7.21. The van der Waals surface area contributed by atoms with E-state index in [9.17, 15) is 4.79 Å². The van der Waals surface area contributed by atoms with Crippen LogP contribution in [0.2, 0.25) is 0 Å². The van der Waals surface area contributed by atoms with Crippen molar-refractivity contribution in [1.82, 2.24) is 15.1 Å². The van der Waals surface area contributed by atoms with Crippen molar-refractivity contribution in [3.63, 3.8) is 0 Å². The van der Waals surface area contributed by atoms with Crippen molar-refractivity contribution in [3.05, 3.63) is 5.01 Å². The van der Waals surface area contributed by atoms with Crippen LogP contribution in [0.1, 0.15) is 51.5 Å². The van der Waals surface area contributed by atoms with Crippen LogP contribution in [0.4, 0.5) is 5.13 Å². The molecule has 0 radical (unpaired) electrons. The molecule has 0 aromatic carbocycles. The summed E-state index contributed by atoms with van der Waals surface area (Å²) in [7, 11) is 0. The number of aromatic nitrogens is 2. The van der Waals surface area contributed by atoms with E-state index in [1.807, 2.05) is 4.90 Å². The fourth-order valence-corrected chi connectivity index (χ4v) is 3.47. The molecule has 1 amide bonds. The monoisotopic (exact) mass is 310 g/mol. The number of nitrogens with one attached hydrogen (secondary N) is 1. The van der Waals surface area contributed by atoms with Gasteiger partial charge < -0.3 is 10.2 Å².